The van der Waals surface area contributed by atoms with Crippen molar-refractivity contribution in [2.24, 2.45) is 5.73 Å². The molecule has 0 saturated heterocycles. The molecule has 0 spiro atoms. The summed E-state index contributed by atoms with van der Waals surface area (Å²) in [6.07, 6.45) is 4.75. The van der Waals surface area contributed by atoms with Gasteiger partial charge in [-0.05, 0) is 42.7 Å². The minimum Gasteiger partial charge on any atom is -0.320 e. The molecule has 1 aromatic heterocycles. The Labute approximate surface area is 139 Å². The van der Waals surface area contributed by atoms with Crippen molar-refractivity contribution < 1.29 is 9.18 Å². The van der Waals surface area contributed by atoms with Crippen molar-refractivity contribution in [3.05, 3.63) is 64.3 Å². The molecule has 1 saturated carbocycles. The first-order chi connectivity index (χ1) is 11.5. The van der Waals surface area contributed by atoms with Crippen LogP contribution in [0, 0.1) is 5.82 Å². The van der Waals surface area contributed by atoms with Crippen LogP contribution in [0.1, 0.15) is 31.2 Å². The Hall–Kier alpha value is -2.47. The van der Waals surface area contributed by atoms with Crippen LogP contribution in [0.4, 0.5) is 10.1 Å². The predicted octanol–water partition coefficient (Wildman–Crippen LogP) is 2.25. The van der Waals surface area contributed by atoms with Gasteiger partial charge in [-0.3, -0.25) is 9.59 Å². The third-order valence-electron chi connectivity index (χ3n) is 4.48. The number of nitrogens with zero attached hydrogens (tertiary/aromatic N) is 1. The predicted molar refractivity (Wildman–Crippen MR) is 90.2 cm³/mol. The smallest absolute Gasteiger partial charge is 0.274 e. The van der Waals surface area contributed by atoms with Gasteiger partial charge >= 0.3 is 0 Å². The maximum absolute atomic E-state index is 13.0. The highest BCUT2D eigenvalue weighted by molar-refractivity contribution is 5.98. The zero-order valence-electron chi connectivity index (χ0n) is 13.3. The molecule has 2 aromatic rings. The van der Waals surface area contributed by atoms with Crippen molar-refractivity contribution >= 4 is 11.6 Å². The lowest BCUT2D eigenvalue weighted by Crippen LogP contribution is -2.49. The second-order valence-corrected chi connectivity index (χ2v) is 6.30. The van der Waals surface area contributed by atoms with E-state index in [9.17, 15) is 14.0 Å². The largest absolute Gasteiger partial charge is 0.320 e. The molecule has 6 heteroatoms. The third kappa shape index (κ3) is 3.38. The van der Waals surface area contributed by atoms with E-state index < -0.39 is 5.54 Å². The number of carbonyl (C=O) groups is 1. The van der Waals surface area contributed by atoms with E-state index in [1.165, 1.54) is 16.7 Å². The van der Waals surface area contributed by atoms with Crippen molar-refractivity contribution in [2.45, 2.75) is 37.8 Å². The van der Waals surface area contributed by atoms with E-state index in [2.05, 4.69) is 5.32 Å². The molecule has 3 N–H and O–H groups in total. The molecule has 24 heavy (non-hydrogen) atoms. The number of nitrogens with one attached hydrogen (secondary N) is 1. The van der Waals surface area contributed by atoms with E-state index in [0.29, 0.717) is 19.4 Å². The molecule has 1 aliphatic carbocycles. The van der Waals surface area contributed by atoms with Crippen LogP contribution in [0.25, 0.3) is 0 Å². The molecule has 1 aromatic carbocycles. The molecule has 1 amide bonds. The van der Waals surface area contributed by atoms with Crippen molar-refractivity contribution in [1.29, 1.82) is 0 Å². The number of halogens is 1. The SMILES string of the molecule is NC1(C(=O)Nc2cccn(Cc3ccc(F)cc3)c2=O)CCCC1. The third-order valence-corrected chi connectivity index (χ3v) is 4.48. The summed E-state index contributed by atoms with van der Waals surface area (Å²) in [5.41, 5.74) is 5.94. The van der Waals surface area contributed by atoms with Crippen LogP contribution in [0.5, 0.6) is 0 Å². The molecule has 0 radical (unpaired) electrons. The van der Waals surface area contributed by atoms with Crippen LogP contribution in [0.3, 0.4) is 0 Å². The Bertz CT molecular complexity index is 793. The maximum Gasteiger partial charge on any atom is 0.274 e. The first kappa shape index (κ1) is 16.4. The van der Waals surface area contributed by atoms with Gasteiger partial charge in [0.05, 0.1) is 12.1 Å². The van der Waals surface area contributed by atoms with Gasteiger partial charge in [0.2, 0.25) is 5.91 Å². The van der Waals surface area contributed by atoms with Crippen LogP contribution in [0.2, 0.25) is 0 Å². The summed E-state index contributed by atoms with van der Waals surface area (Å²) in [5, 5.41) is 2.67. The van der Waals surface area contributed by atoms with Crippen LogP contribution in [0.15, 0.2) is 47.4 Å². The second-order valence-electron chi connectivity index (χ2n) is 6.30. The highest BCUT2D eigenvalue weighted by atomic mass is 19.1. The summed E-state index contributed by atoms with van der Waals surface area (Å²) in [5.74, 6) is -0.631. The fraction of sp³-hybridized carbons (Fsp3) is 0.333. The van der Waals surface area contributed by atoms with E-state index in [0.717, 1.165) is 18.4 Å². The van der Waals surface area contributed by atoms with E-state index in [1.54, 1.807) is 30.5 Å². The number of anilines is 1. The Balaban J connectivity index is 1.79. The van der Waals surface area contributed by atoms with Gasteiger partial charge in [-0.15, -0.1) is 0 Å². The normalized spacial score (nSPS) is 16.1. The van der Waals surface area contributed by atoms with Crippen LogP contribution >= 0.6 is 0 Å². The molecule has 0 unspecified atom stereocenters. The van der Waals surface area contributed by atoms with Gasteiger partial charge in [-0.1, -0.05) is 25.0 Å². The Kier molecular flexibility index (Phi) is 4.49. The average molecular weight is 329 g/mol. The summed E-state index contributed by atoms with van der Waals surface area (Å²) in [7, 11) is 0. The molecular formula is C18H20FN3O2. The summed E-state index contributed by atoms with van der Waals surface area (Å²) in [6, 6.07) is 9.22. The van der Waals surface area contributed by atoms with Gasteiger partial charge in [0, 0.05) is 6.20 Å². The van der Waals surface area contributed by atoms with Crippen molar-refractivity contribution in [1.82, 2.24) is 4.57 Å². The van der Waals surface area contributed by atoms with Gasteiger partial charge in [0.15, 0.2) is 0 Å². The van der Waals surface area contributed by atoms with Crippen LogP contribution in [-0.4, -0.2) is 16.0 Å². The molecule has 1 fully saturated rings. The molecule has 3 rings (SSSR count). The fourth-order valence-corrected chi connectivity index (χ4v) is 3.02. The monoisotopic (exact) mass is 329 g/mol. The highest BCUT2D eigenvalue weighted by Crippen LogP contribution is 2.28. The fourth-order valence-electron chi connectivity index (χ4n) is 3.02. The summed E-state index contributed by atoms with van der Waals surface area (Å²) < 4.78 is 14.4. The number of nitrogens with two attached hydrogens (primary N) is 1. The number of rotatable bonds is 4. The zero-order chi connectivity index (χ0) is 17.2. The van der Waals surface area contributed by atoms with Gasteiger partial charge in [-0.2, -0.15) is 0 Å². The molecule has 126 valence electrons. The number of hydrogen-bond donors (Lipinski definition) is 2. The Morgan fingerprint density at radius 2 is 1.88 bits per heavy atom. The second kappa shape index (κ2) is 6.57. The summed E-state index contributed by atoms with van der Waals surface area (Å²) >= 11 is 0. The van der Waals surface area contributed by atoms with Gasteiger partial charge < -0.3 is 15.6 Å². The molecule has 0 bridgehead atoms. The van der Waals surface area contributed by atoms with E-state index in [1.807, 2.05) is 0 Å². The number of carbonyl (C=O) groups excluding carboxylic acids is 1. The standard InChI is InChI=1S/C18H20FN3O2/c19-14-7-5-13(6-8-14)12-22-11-3-4-15(16(22)23)21-17(24)18(20)9-1-2-10-18/h3-8,11H,1-2,9-10,12,20H2,(H,21,24). The molecule has 0 atom stereocenters. The molecule has 5 nitrogen and oxygen atoms in total. The topological polar surface area (TPSA) is 77.1 Å². The lowest BCUT2D eigenvalue weighted by molar-refractivity contribution is -0.121. The van der Waals surface area contributed by atoms with E-state index in [4.69, 9.17) is 5.73 Å². The van der Waals surface area contributed by atoms with Crippen molar-refractivity contribution in [3.8, 4) is 0 Å². The van der Waals surface area contributed by atoms with Gasteiger partial charge in [0.1, 0.15) is 11.5 Å². The number of aromatic nitrogens is 1. The molecule has 0 aliphatic heterocycles. The molecular weight excluding hydrogens is 309 g/mol. The summed E-state index contributed by atoms with van der Waals surface area (Å²) in [4.78, 5) is 24.9. The number of amides is 1. The maximum atomic E-state index is 13.0. The molecule has 1 heterocycles. The van der Waals surface area contributed by atoms with E-state index >= 15 is 0 Å². The average Bonchev–Trinajstić information content (AvgIpc) is 3.01. The first-order valence-electron chi connectivity index (χ1n) is 8.02. The summed E-state index contributed by atoms with van der Waals surface area (Å²) in [6.45, 7) is 0.302. The lowest BCUT2D eigenvalue weighted by Gasteiger charge is -2.22. The lowest BCUT2D eigenvalue weighted by atomic mass is 9.98. The number of hydrogen-bond acceptors (Lipinski definition) is 3. The van der Waals surface area contributed by atoms with Gasteiger partial charge in [0.25, 0.3) is 5.56 Å². The Morgan fingerprint density at radius 1 is 1.21 bits per heavy atom. The molecule has 1 aliphatic rings. The van der Waals surface area contributed by atoms with E-state index in [-0.39, 0.29) is 23.0 Å². The minimum atomic E-state index is -0.885. The van der Waals surface area contributed by atoms with Crippen molar-refractivity contribution in [3.63, 3.8) is 0 Å². The number of pyridine rings is 1. The Morgan fingerprint density at radius 3 is 2.54 bits per heavy atom. The van der Waals surface area contributed by atoms with Crippen molar-refractivity contribution in [2.75, 3.05) is 5.32 Å². The van der Waals surface area contributed by atoms with Crippen LogP contribution in [-0.2, 0) is 11.3 Å². The van der Waals surface area contributed by atoms with Gasteiger partial charge in [-0.25, -0.2) is 4.39 Å². The quantitative estimate of drug-likeness (QED) is 0.903. The minimum absolute atomic E-state index is 0.210. The highest BCUT2D eigenvalue weighted by Gasteiger charge is 2.37. The van der Waals surface area contributed by atoms with Crippen LogP contribution < -0.4 is 16.6 Å². The zero-order valence-corrected chi connectivity index (χ0v) is 13.3. The first-order valence-corrected chi connectivity index (χ1v) is 8.02. The number of benzene rings is 1.